The maximum atomic E-state index is 12.5. The molecule has 21 heavy (non-hydrogen) atoms. The quantitative estimate of drug-likeness (QED) is 0.790. The third-order valence-corrected chi connectivity index (χ3v) is 4.25. The van der Waals surface area contributed by atoms with Gasteiger partial charge in [-0.3, -0.25) is 9.13 Å². The van der Waals surface area contributed by atoms with Crippen LogP contribution in [0.15, 0.2) is 35.3 Å². The average Bonchev–Trinajstić information content (AvgIpc) is 2.41. The second-order valence-corrected chi connectivity index (χ2v) is 6.61. The van der Waals surface area contributed by atoms with E-state index in [0.717, 1.165) is 11.3 Å². The maximum Gasteiger partial charge on any atom is 0.329 e. The molecule has 0 saturated heterocycles. The smallest absolute Gasteiger partial charge is 0.300 e. The average molecular weight is 320 g/mol. The number of aromatic nitrogens is 2. The second-order valence-electron chi connectivity index (χ2n) is 5.20. The summed E-state index contributed by atoms with van der Waals surface area (Å²) in [5, 5.41) is 0. The number of benzene rings is 1. The van der Waals surface area contributed by atoms with E-state index in [2.05, 4.69) is 32.0 Å². The van der Waals surface area contributed by atoms with E-state index in [1.54, 1.807) is 27.1 Å². The fourth-order valence-electron chi connectivity index (χ4n) is 2.40. The van der Waals surface area contributed by atoms with Crippen LogP contribution in [-0.2, 0) is 13.1 Å². The molecular formula is C16H20N2OS2. The highest BCUT2D eigenvalue weighted by molar-refractivity contribution is 7.98. The van der Waals surface area contributed by atoms with Gasteiger partial charge in [0.05, 0.1) is 6.54 Å². The predicted octanol–water partition coefficient (Wildman–Crippen LogP) is 3.41. The van der Waals surface area contributed by atoms with Gasteiger partial charge < -0.3 is 0 Å². The lowest BCUT2D eigenvalue weighted by Gasteiger charge is -2.11. The molecule has 0 spiro atoms. The van der Waals surface area contributed by atoms with Crippen LogP contribution < -0.4 is 5.69 Å². The predicted molar refractivity (Wildman–Crippen MR) is 92.9 cm³/mol. The van der Waals surface area contributed by atoms with Gasteiger partial charge in [-0.25, -0.2) is 4.79 Å². The van der Waals surface area contributed by atoms with E-state index in [1.165, 1.54) is 11.1 Å². The second kappa shape index (κ2) is 7.09. The highest BCUT2D eigenvalue weighted by Gasteiger charge is 2.05. The van der Waals surface area contributed by atoms with Crippen molar-refractivity contribution >= 4 is 24.0 Å². The SMILES string of the molecule is CSCCn1ccc(=S)n(Cc2cc(C)cc(C)c2)c1=O. The Morgan fingerprint density at radius 2 is 1.86 bits per heavy atom. The first-order chi connectivity index (χ1) is 10.0. The van der Waals surface area contributed by atoms with Crippen molar-refractivity contribution in [3.63, 3.8) is 0 Å². The van der Waals surface area contributed by atoms with E-state index in [4.69, 9.17) is 12.2 Å². The molecule has 1 aromatic carbocycles. The van der Waals surface area contributed by atoms with Gasteiger partial charge >= 0.3 is 5.69 Å². The van der Waals surface area contributed by atoms with Crippen molar-refractivity contribution in [2.75, 3.05) is 12.0 Å². The number of nitrogens with zero attached hydrogens (tertiary/aromatic N) is 2. The van der Waals surface area contributed by atoms with E-state index < -0.39 is 0 Å². The molecule has 0 aliphatic rings. The van der Waals surface area contributed by atoms with Crippen LogP contribution in [0.3, 0.4) is 0 Å². The van der Waals surface area contributed by atoms with Crippen LogP contribution in [0.1, 0.15) is 16.7 Å². The highest BCUT2D eigenvalue weighted by Crippen LogP contribution is 2.10. The van der Waals surface area contributed by atoms with Gasteiger partial charge in [0.1, 0.15) is 4.64 Å². The maximum absolute atomic E-state index is 12.5. The lowest BCUT2D eigenvalue weighted by Crippen LogP contribution is -2.31. The Morgan fingerprint density at radius 1 is 1.19 bits per heavy atom. The largest absolute Gasteiger partial charge is 0.329 e. The summed E-state index contributed by atoms with van der Waals surface area (Å²) in [6, 6.07) is 8.17. The number of rotatable bonds is 5. The van der Waals surface area contributed by atoms with Crippen LogP contribution >= 0.6 is 24.0 Å². The fraction of sp³-hybridized carbons (Fsp3) is 0.375. The van der Waals surface area contributed by atoms with Gasteiger partial charge in [-0.1, -0.05) is 41.5 Å². The number of thioether (sulfide) groups is 1. The molecule has 0 N–H and O–H groups in total. The molecule has 1 aromatic heterocycles. The molecule has 112 valence electrons. The molecule has 0 bridgehead atoms. The van der Waals surface area contributed by atoms with Gasteiger partial charge in [0.2, 0.25) is 0 Å². The lowest BCUT2D eigenvalue weighted by atomic mass is 10.1. The van der Waals surface area contributed by atoms with Crippen LogP contribution in [0, 0.1) is 18.5 Å². The highest BCUT2D eigenvalue weighted by atomic mass is 32.2. The Labute approximate surface area is 134 Å². The monoisotopic (exact) mass is 320 g/mol. The minimum Gasteiger partial charge on any atom is -0.300 e. The molecule has 5 heteroatoms. The van der Waals surface area contributed by atoms with Crippen LogP contribution in [0.5, 0.6) is 0 Å². The summed E-state index contributed by atoms with van der Waals surface area (Å²) in [7, 11) is 0. The molecular weight excluding hydrogens is 300 g/mol. The molecule has 0 saturated carbocycles. The minimum atomic E-state index is -0.0318. The molecule has 1 heterocycles. The molecule has 2 rings (SSSR count). The van der Waals surface area contributed by atoms with E-state index >= 15 is 0 Å². The van der Waals surface area contributed by atoms with Gasteiger partial charge in [0.25, 0.3) is 0 Å². The molecule has 0 unspecified atom stereocenters. The van der Waals surface area contributed by atoms with E-state index in [1.807, 2.05) is 12.3 Å². The zero-order valence-corrected chi connectivity index (χ0v) is 14.3. The van der Waals surface area contributed by atoms with Gasteiger partial charge in [0, 0.05) is 18.5 Å². The Hall–Kier alpha value is -1.33. The van der Waals surface area contributed by atoms with Crippen molar-refractivity contribution in [2.45, 2.75) is 26.9 Å². The summed E-state index contributed by atoms with van der Waals surface area (Å²) in [5.74, 6) is 0.917. The van der Waals surface area contributed by atoms with Crippen LogP contribution in [0.4, 0.5) is 0 Å². The van der Waals surface area contributed by atoms with Crippen molar-refractivity contribution in [1.82, 2.24) is 9.13 Å². The summed E-state index contributed by atoms with van der Waals surface area (Å²) in [4.78, 5) is 12.5. The van der Waals surface area contributed by atoms with Crippen LogP contribution in [-0.4, -0.2) is 21.1 Å². The Kier molecular flexibility index (Phi) is 5.42. The van der Waals surface area contributed by atoms with Gasteiger partial charge in [-0.2, -0.15) is 11.8 Å². The topological polar surface area (TPSA) is 26.9 Å². The zero-order chi connectivity index (χ0) is 15.4. The van der Waals surface area contributed by atoms with Gasteiger partial charge in [-0.05, 0) is 31.7 Å². The molecule has 0 aliphatic heterocycles. The normalized spacial score (nSPS) is 10.8. The van der Waals surface area contributed by atoms with Gasteiger partial charge in [0.15, 0.2) is 0 Å². The molecule has 2 aromatic rings. The molecule has 0 amide bonds. The molecule has 0 atom stereocenters. The van der Waals surface area contributed by atoms with Crippen molar-refractivity contribution in [3.8, 4) is 0 Å². The molecule has 0 aliphatic carbocycles. The summed E-state index contributed by atoms with van der Waals surface area (Å²) in [6.45, 7) is 5.37. The molecule has 3 nitrogen and oxygen atoms in total. The standard InChI is InChI=1S/C16H20N2OS2/c1-12-8-13(2)10-14(9-12)11-18-15(20)4-5-17(16(18)19)6-7-21-3/h4-5,8-10H,6-7,11H2,1-3H3. The molecule has 0 radical (unpaired) electrons. The first-order valence-corrected chi connectivity index (χ1v) is 8.68. The van der Waals surface area contributed by atoms with E-state index in [0.29, 0.717) is 17.7 Å². The van der Waals surface area contributed by atoms with Crippen LogP contribution in [0.2, 0.25) is 0 Å². The van der Waals surface area contributed by atoms with Gasteiger partial charge in [-0.15, -0.1) is 0 Å². The number of hydrogen-bond donors (Lipinski definition) is 0. The van der Waals surface area contributed by atoms with Crippen molar-refractivity contribution < 1.29 is 0 Å². The first-order valence-electron chi connectivity index (χ1n) is 6.87. The zero-order valence-electron chi connectivity index (χ0n) is 12.6. The first kappa shape index (κ1) is 16.0. The summed E-state index contributed by atoms with van der Waals surface area (Å²) in [5.41, 5.74) is 3.49. The third kappa shape index (κ3) is 4.08. The fourth-order valence-corrected chi connectivity index (χ4v) is 2.99. The third-order valence-electron chi connectivity index (χ3n) is 3.30. The lowest BCUT2D eigenvalue weighted by molar-refractivity contribution is 0.612. The number of hydrogen-bond acceptors (Lipinski definition) is 3. The summed E-state index contributed by atoms with van der Waals surface area (Å²) in [6.07, 6.45) is 3.83. The van der Waals surface area contributed by atoms with Crippen molar-refractivity contribution in [2.24, 2.45) is 0 Å². The Bertz CT molecular complexity index is 726. The Balaban J connectivity index is 2.39. The summed E-state index contributed by atoms with van der Waals surface area (Å²) >= 11 is 7.05. The summed E-state index contributed by atoms with van der Waals surface area (Å²) < 4.78 is 3.98. The van der Waals surface area contributed by atoms with Crippen molar-refractivity contribution in [3.05, 3.63) is 62.3 Å². The minimum absolute atomic E-state index is 0.0318. The van der Waals surface area contributed by atoms with E-state index in [-0.39, 0.29) is 5.69 Å². The molecule has 0 fully saturated rings. The van der Waals surface area contributed by atoms with Crippen molar-refractivity contribution in [1.29, 1.82) is 0 Å². The Morgan fingerprint density at radius 3 is 2.48 bits per heavy atom. The van der Waals surface area contributed by atoms with E-state index in [9.17, 15) is 4.79 Å². The number of aryl methyl sites for hydroxylation is 3. The van der Waals surface area contributed by atoms with Crippen LogP contribution in [0.25, 0.3) is 0 Å².